The highest BCUT2D eigenvalue weighted by atomic mass is 15.1. The Morgan fingerprint density at radius 2 is 1.58 bits per heavy atom. The fourth-order valence-corrected chi connectivity index (χ4v) is 2.68. The predicted octanol–water partition coefficient (Wildman–Crippen LogP) is 5.13. The number of nitrogens with zero attached hydrogens (tertiary/aromatic N) is 3. The van der Waals surface area contributed by atoms with Crippen LogP contribution in [0.5, 0.6) is 0 Å². The molecular weight excluding hydrogens is 322 g/mol. The van der Waals surface area contributed by atoms with Crippen LogP contribution in [0.4, 0.5) is 23.1 Å². The SMILES string of the molecule is CC(C)(C)c1ccccc1Nc1nccc(Nc2ccccc2C#N)n1. The van der Waals surface area contributed by atoms with Gasteiger partial charge in [-0.25, -0.2) is 4.98 Å². The molecule has 0 bridgehead atoms. The van der Waals surface area contributed by atoms with Crippen LogP contribution in [0, 0.1) is 11.3 Å². The van der Waals surface area contributed by atoms with E-state index in [1.807, 2.05) is 36.4 Å². The molecule has 0 aliphatic heterocycles. The highest BCUT2D eigenvalue weighted by Gasteiger charge is 2.18. The summed E-state index contributed by atoms with van der Waals surface area (Å²) in [5.41, 5.74) is 3.46. The Bertz CT molecular complexity index is 951. The summed E-state index contributed by atoms with van der Waals surface area (Å²) in [7, 11) is 0. The first kappa shape index (κ1) is 17.4. The Kier molecular flexibility index (Phi) is 4.85. The normalized spacial score (nSPS) is 10.8. The van der Waals surface area contributed by atoms with Gasteiger partial charge in [0, 0.05) is 11.9 Å². The van der Waals surface area contributed by atoms with Crippen LogP contribution in [0.3, 0.4) is 0 Å². The van der Waals surface area contributed by atoms with Gasteiger partial charge in [-0.3, -0.25) is 0 Å². The van der Waals surface area contributed by atoms with Gasteiger partial charge in [0.05, 0.1) is 11.3 Å². The Morgan fingerprint density at radius 1 is 0.885 bits per heavy atom. The van der Waals surface area contributed by atoms with E-state index in [1.54, 1.807) is 18.3 Å². The lowest BCUT2D eigenvalue weighted by Gasteiger charge is -2.23. The maximum absolute atomic E-state index is 9.22. The number of nitrogens with one attached hydrogen (secondary N) is 2. The van der Waals surface area contributed by atoms with Crippen LogP contribution < -0.4 is 10.6 Å². The van der Waals surface area contributed by atoms with Gasteiger partial charge in [0.1, 0.15) is 11.9 Å². The van der Waals surface area contributed by atoms with E-state index in [0.29, 0.717) is 17.3 Å². The molecule has 0 spiro atoms. The standard InChI is InChI=1S/C21H21N5/c1-21(2,3)16-9-5-7-11-18(16)25-20-23-13-12-19(26-20)24-17-10-6-4-8-15(17)14-22/h4-13H,1-3H3,(H2,23,24,25,26). The smallest absolute Gasteiger partial charge is 0.229 e. The molecule has 5 heteroatoms. The van der Waals surface area contributed by atoms with Crippen LogP contribution >= 0.6 is 0 Å². The molecule has 26 heavy (non-hydrogen) atoms. The zero-order valence-corrected chi connectivity index (χ0v) is 15.1. The molecule has 130 valence electrons. The first-order valence-electron chi connectivity index (χ1n) is 8.43. The molecule has 3 aromatic rings. The van der Waals surface area contributed by atoms with Crippen molar-refractivity contribution in [3.05, 3.63) is 71.9 Å². The van der Waals surface area contributed by atoms with Gasteiger partial charge in [0.15, 0.2) is 0 Å². The monoisotopic (exact) mass is 343 g/mol. The Hall–Kier alpha value is -3.39. The zero-order valence-electron chi connectivity index (χ0n) is 15.1. The summed E-state index contributed by atoms with van der Waals surface area (Å²) in [6.07, 6.45) is 1.69. The molecule has 1 heterocycles. The Balaban J connectivity index is 1.86. The summed E-state index contributed by atoms with van der Waals surface area (Å²) in [6.45, 7) is 6.52. The van der Waals surface area contributed by atoms with Gasteiger partial charge in [0.2, 0.25) is 5.95 Å². The first-order valence-corrected chi connectivity index (χ1v) is 8.43. The van der Waals surface area contributed by atoms with Crippen molar-refractivity contribution in [1.29, 1.82) is 5.26 Å². The molecule has 0 amide bonds. The number of hydrogen-bond acceptors (Lipinski definition) is 5. The molecule has 0 unspecified atom stereocenters. The minimum atomic E-state index is 0.00515. The molecular formula is C21H21N5. The zero-order chi connectivity index (χ0) is 18.6. The second-order valence-corrected chi connectivity index (χ2v) is 6.97. The number of rotatable bonds is 4. The molecule has 0 saturated heterocycles. The molecule has 0 radical (unpaired) electrons. The maximum Gasteiger partial charge on any atom is 0.229 e. The minimum Gasteiger partial charge on any atom is -0.339 e. The lowest BCUT2D eigenvalue weighted by Crippen LogP contribution is -2.14. The van der Waals surface area contributed by atoms with Crippen molar-refractivity contribution in [1.82, 2.24) is 9.97 Å². The molecule has 0 aliphatic rings. The van der Waals surface area contributed by atoms with E-state index in [9.17, 15) is 5.26 Å². The largest absolute Gasteiger partial charge is 0.339 e. The van der Waals surface area contributed by atoms with Crippen molar-refractivity contribution in [2.45, 2.75) is 26.2 Å². The quantitative estimate of drug-likeness (QED) is 0.687. The van der Waals surface area contributed by atoms with Gasteiger partial charge in [-0.05, 0) is 35.2 Å². The number of nitriles is 1. The topological polar surface area (TPSA) is 73.6 Å². The molecule has 1 aromatic heterocycles. The van der Waals surface area contributed by atoms with Crippen LogP contribution in [0.2, 0.25) is 0 Å². The Labute approximate surface area is 153 Å². The molecule has 5 nitrogen and oxygen atoms in total. The lowest BCUT2D eigenvalue weighted by atomic mass is 9.86. The third kappa shape index (κ3) is 3.98. The Morgan fingerprint density at radius 3 is 2.31 bits per heavy atom. The van der Waals surface area contributed by atoms with Crippen molar-refractivity contribution in [3.63, 3.8) is 0 Å². The second-order valence-electron chi connectivity index (χ2n) is 6.97. The maximum atomic E-state index is 9.22. The van der Waals surface area contributed by atoms with E-state index in [2.05, 4.69) is 53.5 Å². The van der Waals surface area contributed by atoms with Gasteiger partial charge in [-0.1, -0.05) is 51.1 Å². The van der Waals surface area contributed by atoms with E-state index >= 15 is 0 Å². The fourth-order valence-electron chi connectivity index (χ4n) is 2.68. The highest BCUT2D eigenvalue weighted by molar-refractivity contribution is 5.66. The first-order chi connectivity index (χ1) is 12.5. The molecule has 0 atom stereocenters. The van der Waals surface area contributed by atoms with Crippen molar-refractivity contribution < 1.29 is 0 Å². The van der Waals surface area contributed by atoms with E-state index < -0.39 is 0 Å². The van der Waals surface area contributed by atoms with Crippen LogP contribution in [-0.4, -0.2) is 9.97 Å². The van der Waals surface area contributed by atoms with Gasteiger partial charge in [0.25, 0.3) is 0 Å². The van der Waals surface area contributed by atoms with Crippen molar-refractivity contribution in [2.24, 2.45) is 0 Å². The molecule has 0 saturated carbocycles. The van der Waals surface area contributed by atoms with E-state index in [4.69, 9.17) is 0 Å². The molecule has 2 aromatic carbocycles. The number of hydrogen-bond donors (Lipinski definition) is 2. The van der Waals surface area contributed by atoms with Crippen molar-refractivity contribution >= 4 is 23.1 Å². The predicted molar refractivity (Wildman–Crippen MR) is 105 cm³/mol. The van der Waals surface area contributed by atoms with Gasteiger partial charge >= 0.3 is 0 Å². The summed E-state index contributed by atoms with van der Waals surface area (Å²) in [4.78, 5) is 8.83. The highest BCUT2D eigenvalue weighted by Crippen LogP contribution is 2.30. The summed E-state index contributed by atoms with van der Waals surface area (Å²) < 4.78 is 0. The average molecular weight is 343 g/mol. The second kappa shape index (κ2) is 7.24. The number of aromatic nitrogens is 2. The number of anilines is 4. The third-order valence-electron chi connectivity index (χ3n) is 3.95. The van der Waals surface area contributed by atoms with Crippen LogP contribution in [0.15, 0.2) is 60.8 Å². The van der Waals surface area contributed by atoms with Gasteiger partial charge in [-0.2, -0.15) is 10.2 Å². The van der Waals surface area contributed by atoms with Crippen LogP contribution in [0.1, 0.15) is 31.9 Å². The van der Waals surface area contributed by atoms with E-state index in [1.165, 1.54) is 5.56 Å². The summed E-state index contributed by atoms with van der Waals surface area (Å²) in [5.74, 6) is 1.12. The average Bonchev–Trinajstić information content (AvgIpc) is 2.62. The minimum absolute atomic E-state index is 0.00515. The van der Waals surface area contributed by atoms with Crippen molar-refractivity contribution in [3.8, 4) is 6.07 Å². The van der Waals surface area contributed by atoms with Gasteiger partial charge in [-0.15, -0.1) is 0 Å². The van der Waals surface area contributed by atoms with Crippen LogP contribution in [0.25, 0.3) is 0 Å². The molecule has 0 aliphatic carbocycles. The lowest BCUT2D eigenvalue weighted by molar-refractivity contribution is 0.592. The van der Waals surface area contributed by atoms with E-state index in [-0.39, 0.29) is 5.41 Å². The summed E-state index contributed by atoms with van der Waals surface area (Å²) in [5, 5.41) is 15.7. The molecule has 3 rings (SSSR count). The van der Waals surface area contributed by atoms with E-state index in [0.717, 1.165) is 11.4 Å². The fraction of sp³-hybridized carbons (Fsp3) is 0.190. The summed E-state index contributed by atoms with van der Waals surface area (Å²) in [6, 6.07) is 19.4. The van der Waals surface area contributed by atoms with Gasteiger partial charge < -0.3 is 10.6 Å². The number of para-hydroxylation sites is 2. The third-order valence-corrected chi connectivity index (χ3v) is 3.95. The summed E-state index contributed by atoms with van der Waals surface area (Å²) >= 11 is 0. The van der Waals surface area contributed by atoms with Crippen molar-refractivity contribution in [2.75, 3.05) is 10.6 Å². The number of benzene rings is 2. The van der Waals surface area contributed by atoms with Crippen LogP contribution in [-0.2, 0) is 5.41 Å². The molecule has 0 fully saturated rings. The molecule has 2 N–H and O–H groups in total.